The molecule has 3 saturated carbocycles. The summed E-state index contributed by atoms with van der Waals surface area (Å²) < 4.78 is 16.1. The van der Waals surface area contributed by atoms with E-state index in [1.807, 2.05) is 17.0 Å². The Kier molecular flexibility index (Phi) is 9.56. The van der Waals surface area contributed by atoms with Crippen LogP contribution in [0.3, 0.4) is 0 Å². The summed E-state index contributed by atoms with van der Waals surface area (Å²) in [7, 11) is 0. The average molecular weight is 619 g/mol. The fraction of sp³-hybridized carbons (Fsp3) is 0.632. The van der Waals surface area contributed by atoms with Gasteiger partial charge in [0.05, 0.1) is 6.10 Å². The number of hydrogen-bond acceptors (Lipinski definition) is 4. The fourth-order valence-corrected chi connectivity index (χ4v) is 9.78. The topological polar surface area (TPSA) is 89.9 Å². The number of anilines is 1. The molecular weight excluding hydrogens is 567 g/mol. The lowest BCUT2D eigenvalue weighted by Crippen LogP contribution is -2.51. The predicted octanol–water partition coefficient (Wildman–Crippen LogP) is 7.63. The number of phenols is 1. The first-order chi connectivity index (χ1) is 21.6. The van der Waals surface area contributed by atoms with Crippen LogP contribution in [-0.4, -0.2) is 52.3 Å². The van der Waals surface area contributed by atoms with Gasteiger partial charge < -0.3 is 20.4 Å². The van der Waals surface area contributed by atoms with Gasteiger partial charge in [-0.2, -0.15) is 0 Å². The molecule has 7 atom stereocenters. The molecule has 2 aromatic rings. The van der Waals surface area contributed by atoms with Crippen molar-refractivity contribution in [2.75, 3.05) is 18.4 Å². The van der Waals surface area contributed by atoms with Crippen molar-refractivity contribution in [3.63, 3.8) is 0 Å². The summed E-state index contributed by atoms with van der Waals surface area (Å²) in [4.78, 5) is 27.3. The van der Waals surface area contributed by atoms with Crippen molar-refractivity contribution in [2.24, 2.45) is 29.1 Å². The maximum atomic E-state index is 16.1. The third-order valence-electron chi connectivity index (χ3n) is 12.0. The summed E-state index contributed by atoms with van der Waals surface area (Å²) in [6.45, 7) is 5.04. The standard InChI is InChI=1S/C38H51FN2O4/c1-24(42)40-29-13-11-26(12-14-29)37(45)41(23-25-8-4-3-5-9-25)19-7-6-10-27-20-28-21-30(43)15-16-31(28)36-33(39)22-38(2)32(35(27)36)17-18-34(38)44/h11-16,21,25,27,32-36,43-44H,3-10,17-20,22-23H2,1-2H3,(H,40,42)/t27-,32?,33+,34+,35?,36?,38+/m1/s1. The number of nitrogens with zero attached hydrogens (tertiary/aromatic N) is 1. The number of aromatic hydroxyl groups is 1. The van der Waals surface area contributed by atoms with Crippen molar-refractivity contribution in [3.8, 4) is 5.75 Å². The monoisotopic (exact) mass is 618 g/mol. The number of amides is 2. The van der Waals surface area contributed by atoms with E-state index >= 15 is 4.39 Å². The molecular formula is C38H51FN2O4. The number of rotatable bonds is 9. The van der Waals surface area contributed by atoms with Crippen molar-refractivity contribution < 1.29 is 24.2 Å². The number of halogens is 1. The summed E-state index contributed by atoms with van der Waals surface area (Å²) in [5.74, 6) is 1.23. The number of aliphatic hydroxyl groups excluding tert-OH is 1. The van der Waals surface area contributed by atoms with Crippen LogP contribution in [0, 0.1) is 29.1 Å². The molecule has 0 bridgehead atoms. The zero-order valence-corrected chi connectivity index (χ0v) is 27.0. The van der Waals surface area contributed by atoms with E-state index in [-0.39, 0.29) is 40.7 Å². The van der Waals surface area contributed by atoms with Crippen LogP contribution in [0.5, 0.6) is 5.75 Å². The van der Waals surface area contributed by atoms with Crippen LogP contribution in [0.2, 0.25) is 0 Å². The van der Waals surface area contributed by atoms with E-state index in [9.17, 15) is 19.8 Å². The molecule has 7 heteroatoms. The van der Waals surface area contributed by atoms with Crippen molar-refractivity contribution >= 4 is 17.5 Å². The Balaban J connectivity index is 1.16. The van der Waals surface area contributed by atoms with Gasteiger partial charge in [-0.3, -0.25) is 9.59 Å². The Bertz CT molecular complexity index is 1360. The van der Waals surface area contributed by atoms with Crippen LogP contribution in [0.1, 0.15) is 112 Å². The molecule has 2 aromatic carbocycles. The van der Waals surface area contributed by atoms with E-state index in [0.717, 1.165) is 56.2 Å². The fourth-order valence-electron chi connectivity index (χ4n) is 9.78. The Morgan fingerprint density at radius 1 is 1.02 bits per heavy atom. The number of carbonyl (C=O) groups excluding carboxylic acids is 2. The Morgan fingerprint density at radius 2 is 1.78 bits per heavy atom. The SMILES string of the molecule is CC(=O)Nc1ccc(C(=O)N(CCCC[C@@H]2Cc3cc(O)ccc3C3C2C2CC[C@H](O)[C@@]2(C)C[C@@H]3F)CC2CCCCC2)cc1. The minimum Gasteiger partial charge on any atom is -0.508 e. The van der Waals surface area contributed by atoms with Crippen LogP contribution in [-0.2, 0) is 11.2 Å². The van der Waals surface area contributed by atoms with Crippen molar-refractivity contribution in [1.29, 1.82) is 0 Å². The first kappa shape index (κ1) is 32.0. The first-order valence-electron chi connectivity index (χ1n) is 17.4. The zero-order valence-electron chi connectivity index (χ0n) is 27.0. The van der Waals surface area contributed by atoms with Gasteiger partial charge in [-0.1, -0.05) is 38.7 Å². The Hall–Kier alpha value is -2.93. The highest BCUT2D eigenvalue weighted by Crippen LogP contribution is 2.63. The summed E-state index contributed by atoms with van der Waals surface area (Å²) >= 11 is 0. The molecule has 0 aliphatic heterocycles. The van der Waals surface area contributed by atoms with Crippen LogP contribution in [0.4, 0.5) is 10.1 Å². The maximum absolute atomic E-state index is 16.1. The number of fused-ring (bicyclic) bond motifs is 5. The number of alkyl halides is 1. The number of nitrogens with one attached hydrogen (secondary N) is 1. The number of benzene rings is 2. The Morgan fingerprint density at radius 3 is 2.51 bits per heavy atom. The Labute approximate surface area is 267 Å². The van der Waals surface area contributed by atoms with Gasteiger partial charge in [0.15, 0.2) is 0 Å². The minimum absolute atomic E-state index is 0.0420. The highest BCUT2D eigenvalue weighted by Gasteiger charge is 2.59. The largest absolute Gasteiger partial charge is 0.508 e. The lowest BCUT2D eigenvalue weighted by atomic mass is 9.51. The van der Waals surface area contributed by atoms with Gasteiger partial charge in [0.1, 0.15) is 11.9 Å². The van der Waals surface area contributed by atoms with Gasteiger partial charge in [0.25, 0.3) is 5.91 Å². The molecule has 0 radical (unpaired) electrons. The van der Waals surface area contributed by atoms with Gasteiger partial charge in [-0.05, 0) is 128 Å². The van der Waals surface area contributed by atoms with E-state index in [1.165, 1.54) is 39.0 Å². The van der Waals surface area contributed by atoms with E-state index in [1.54, 1.807) is 30.3 Å². The lowest BCUT2D eigenvalue weighted by Gasteiger charge is -2.54. The van der Waals surface area contributed by atoms with Crippen LogP contribution in [0.15, 0.2) is 42.5 Å². The smallest absolute Gasteiger partial charge is 0.253 e. The van der Waals surface area contributed by atoms with Crippen LogP contribution < -0.4 is 5.32 Å². The molecule has 4 aliphatic carbocycles. The highest BCUT2D eigenvalue weighted by atomic mass is 19.1. The van der Waals surface area contributed by atoms with E-state index < -0.39 is 12.3 Å². The molecule has 0 aromatic heterocycles. The first-order valence-corrected chi connectivity index (χ1v) is 17.4. The van der Waals surface area contributed by atoms with Crippen molar-refractivity contribution in [3.05, 3.63) is 59.2 Å². The van der Waals surface area contributed by atoms with Crippen LogP contribution in [0.25, 0.3) is 0 Å². The van der Waals surface area contributed by atoms with Crippen molar-refractivity contribution in [1.82, 2.24) is 4.90 Å². The van der Waals surface area contributed by atoms with E-state index in [4.69, 9.17) is 0 Å². The van der Waals surface area contributed by atoms with Crippen molar-refractivity contribution in [2.45, 2.75) is 109 Å². The van der Waals surface area contributed by atoms with E-state index in [0.29, 0.717) is 36.1 Å². The quantitative estimate of drug-likeness (QED) is 0.252. The summed E-state index contributed by atoms with van der Waals surface area (Å²) in [6.07, 6.45) is 10.3. The average Bonchev–Trinajstić information content (AvgIpc) is 3.31. The maximum Gasteiger partial charge on any atom is 0.253 e. The highest BCUT2D eigenvalue weighted by molar-refractivity contribution is 5.95. The number of unbranched alkanes of at least 4 members (excludes halogenated alkanes) is 1. The second kappa shape index (κ2) is 13.4. The molecule has 0 spiro atoms. The molecule has 3 N–H and O–H groups in total. The molecule has 2 amide bonds. The number of aliphatic hydroxyl groups is 1. The summed E-state index contributed by atoms with van der Waals surface area (Å²) in [5.41, 5.74) is 3.07. The molecule has 4 aliphatic rings. The zero-order chi connectivity index (χ0) is 31.7. The molecule has 45 heavy (non-hydrogen) atoms. The summed E-state index contributed by atoms with van der Waals surface area (Å²) in [5, 5.41) is 24.0. The molecule has 3 unspecified atom stereocenters. The van der Waals surface area contributed by atoms with Crippen LogP contribution >= 0.6 is 0 Å². The van der Waals surface area contributed by atoms with Gasteiger partial charge in [0, 0.05) is 37.2 Å². The molecule has 3 fully saturated rings. The third-order valence-corrected chi connectivity index (χ3v) is 12.0. The van der Waals surface area contributed by atoms with Gasteiger partial charge in [-0.25, -0.2) is 4.39 Å². The lowest BCUT2D eigenvalue weighted by molar-refractivity contribution is -0.114. The number of hydrogen-bond donors (Lipinski definition) is 3. The predicted molar refractivity (Wildman–Crippen MR) is 175 cm³/mol. The second-order valence-corrected chi connectivity index (χ2v) is 14.9. The van der Waals surface area contributed by atoms with E-state index in [2.05, 4.69) is 12.2 Å². The summed E-state index contributed by atoms with van der Waals surface area (Å²) in [6, 6.07) is 12.7. The normalized spacial score (nSPS) is 31.0. The van der Waals surface area contributed by atoms with Gasteiger partial charge in [0.2, 0.25) is 5.91 Å². The minimum atomic E-state index is -1.00. The molecule has 0 saturated heterocycles. The van der Waals surface area contributed by atoms with Gasteiger partial charge in [-0.15, -0.1) is 0 Å². The molecule has 6 rings (SSSR count). The number of phenolic OH excluding ortho intramolecular Hbond substituents is 1. The molecule has 0 heterocycles. The third kappa shape index (κ3) is 6.65. The second-order valence-electron chi connectivity index (χ2n) is 14.9. The molecule has 244 valence electrons. The molecule has 6 nitrogen and oxygen atoms in total. The number of carbonyl (C=O) groups is 2. The van der Waals surface area contributed by atoms with Gasteiger partial charge >= 0.3 is 0 Å².